The minimum Gasteiger partial charge on any atom is -0.462 e. The van der Waals surface area contributed by atoms with E-state index >= 15 is 0 Å². The summed E-state index contributed by atoms with van der Waals surface area (Å²) >= 11 is 0. The van der Waals surface area contributed by atoms with Gasteiger partial charge < -0.3 is 14.2 Å². The number of carbonyl (C=O) groups is 3. The molecule has 1 unspecified atom stereocenters. The third-order valence-electron chi connectivity index (χ3n) is 10.7. The Labute approximate surface area is 376 Å². The van der Waals surface area contributed by atoms with E-state index in [1.54, 1.807) is 6.08 Å². The van der Waals surface area contributed by atoms with Gasteiger partial charge in [0.05, 0.1) is 6.42 Å². The Morgan fingerprint density at radius 3 is 1.07 bits per heavy atom. The zero-order chi connectivity index (χ0) is 44.4. The van der Waals surface area contributed by atoms with Crippen molar-refractivity contribution in [2.75, 3.05) is 13.2 Å². The van der Waals surface area contributed by atoms with Gasteiger partial charge in [-0.25, -0.2) is 0 Å². The van der Waals surface area contributed by atoms with Crippen LogP contribution in [0.5, 0.6) is 0 Å². The fraction of sp³-hybridized carbons (Fsp3) is 0.727. The van der Waals surface area contributed by atoms with Crippen LogP contribution in [-0.2, 0) is 28.6 Å². The standard InChI is InChI=1S/C55H94O6/c1-4-7-10-13-16-18-20-22-24-25-26-27-28-29-31-32-34-36-39-42-45-48-54(57)60-51-52(50-59-53(56)47-44-41-38-15-12-9-6-3)61-55(58)49-46-43-40-37-35-33-30-23-21-19-17-14-11-8-5-2/h8,11,17,19,23,25-26,30,35,37,43,46,52H,4-7,9-10,12-16,18,20-22,24,27-29,31-34,36,38-42,44-45,47-51H2,1-3H3/b11-8-,19-17-,26-25-,30-23-,37-35-,46-43-. The Morgan fingerprint density at radius 1 is 0.361 bits per heavy atom. The third-order valence-corrected chi connectivity index (χ3v) is 10.7. The van der Waals surface area contributed by atoms with Crippen LogP contribution in [-0.4, -0.2) is 37.2 Å². The van der Waals surface area contributed by atoms with Crippen LogP contribution in [0.25, 0.3) is 0 Å². The van der Waals surface area contributed by atoms with Gasteiger partial charge in [0.1, 0.15) is 13.2 Å². The summed E-state index contributed by atoms with van der Waals surface area (Å²) in [6.07, 6.45) is 62.2. The van der Waals surface area contributed by atoms with Gasteiger partial charge >= 0.3 is 17.9 Å². The molecule has 0 fully saturated rings. The monoisotopic (exact) mass is 851 g/mol. The molecule has 0 rings (SSSR count). The number of hydrogen-bond acceptors (Lipinski definition) is 6. The van der Waals surface area contributed by atoms with Crippen LogP contribution in [0.15, 0.2) is 72.9 Å². The molecule has 6 heteroatoms. The van der Waals surface area contributed by atoms with Gasteiger partial charge in [0.15, 0.2) is 6.10 Å². The van der Waals surface area contributed by atoms with E-state index in [2.05, 4.69) is 81.5 Å². The second-order valence-electron chi connectivity index (χ2n) is 16.7. The van der Waals surface area contributed by atoms with Gasteiger partial charge in [0.25, 0.3) is 0 Å². The number of allylic oxidation sites excluding steroid dienone is 11. The van der Waals surface area contributed by atoms with Crippen LogP contribution < -0.4 is 0 Å². The van der Waals surface area contributed by atoms with Crippen molar-refractivity contribution >= 4 is 17.9 Å². The number of unbranched alkanes of at least 4 members (excludes halogenated alkanes) is 23. The molecule has 0 aliphatic carbocycles. The number of rotatable bonds is 45. The van der Waals surface area contributed by atoms with Gasteiger partial charge in [-0.15, -0.1) is 0 Å². The van der Waals surface area contributed by atoms with Crippen molar-refractivity contribution in [2.24, 2.45) is 0 Å². The zero-order valence-corrected chi connectivity index (χ0v) is 39.9. The second-order valence-corrected chi connectivity index (χ2v) is 16.7. The molecule has 0 aromatic rings. The average molecular weight is 851 g/mol. The molecule has 0 bridgehead atoms. The molecule has 0 aliphatic heterocycles. The van der Waals surface area contributed by atoms with Crippen LogP contribution in [0, 0.1) is 0 Å². The third kappa shape index (κ3) is 47.7. The van der Waals surface area contributed by atoms with Crippen LogP contribution in [0.1, 0.15) is 239 Å². The SMILES string of the molecule is CC/C=C\C/C=C\C/C=C\C/C=C\C/C=C\CC(=O)OC(COC(=O)CCCCCCCCC)COC(=O)CCCCCCCCCCC/C=C\CCCCCCCCCC. The van der Waals surface area contributed by atoms with Gasteiger partial charge in [0.2, 0.25) is 0 Å². The molecule has 0 radical (unpaired) electrons. The second kappa shape index (κ2) is 49.5. The molecular formula is C55H94O6. The summed E-state index contributed by atoms with van der Waals surface area (Å²) in [6, 6.07) is 0. The lowest BCUT2D eigenvalue weighted by Gasteiger charge is -2.18. The van der Waals surface area contributed by atoms with Crippen LogP contribution in [0.2, 0.25) is 0 Å². The van der Waals surface area contributed by atoms with Crippen molar-refractivity contribution in [2.45, 2.75) is 245 Å². The highest BCUT2D eigenvalue weighted by molar-refractivity contribution is 5.72. The summed E-state index contributed by atoms with van der Waals surface area (Å²) < 4.78 is 16.6. The predicted molar refractivity (Wildman–Crippen MR) is 261 cm³/mol. The van der Waals surface area contributed by atoms with Crippen molar-refractivity contribution in [1.82, 2.24) is 0 Å². The molecule has 350 valence electrons. The van der Waals surface area contributed by atoms with Crippen molar-refractivity contribution in [3.63, 3.8) is 0 Å². The Hall–Kier alpha value is -3.15. The van der Waals surface area contributed by atoms with E-state index in [4.69, 9.17) is 14.2 Å². The van der Waals surface area contributed by atoms with Crippen molar-refractivity contribution < 1.29 is 28.6 Å². The molecule has 0 heterocycles. The van der Waals surface area contributed by atoms with E-state index in [1.165, 1.54) is 128 Å². The number of carbonyl (C=O) groups excluding carboxylic acids is 3. The lowest BCUT2D eigenvalue weighted by atomic mass is 10.1. The summed E-state index contributed by atoms with van der Waals surface area (Å²) in [7, 11) is 0. The van der Waals surface area contributed by atoms with E-state index in [0.29, 0.717) is 12.8 Å². The maximum atomic E-state index is 12.7. The minimum atomic E-state index is -0.826. The summed E-state index contributed by atoms with van der Waals surface area (Å²) in [4.78, 5) is 37.7. The molecular weight excluding hydrogens is 757 g/mol. The average Bonchev–Trinajstić information content (AvgIpc) is 3.26. The zero-order valence-electron chi connectivity index (χ0n) is 39.9. The largest absolute Gasteiger partial charge is 0.462 e. The fourth-order valence-electron chi connectivity index (χ4n) is 6.92. The maximum absolute atomic E-state index is 12.7. The number of esters is 3. The molecule has 0 saturated heterocycles. The number of hydrogen-bond donors (Lipinski definition) is 0. The minimum absolute atomic E-state index is 0.0979. The first-order valence-electron chi connectivity index (χ1n) is 25.4. The smallest absolute Gasteiger partial charge is 0.310 e. The van der Waals surface area contributed by atoms with E-state index in [-0.39, 0.29) is 31.6 Å². The summed E-state index contributed by atoms with van der Waals surface area (Å²) in [5.74, 6) is -1.05. The Balaban J connectivity index is 4.32. The molecule has 0 spiro atoms. The first kappa shape index (κ1) is 57.9. The lowest BCUT2D eigenvalue weighted by molar-refractivity contribution is -0.166. The van der Waals surface area contributed by atoms with Gasteiger partial charge in [-0.2, -0.15) is 0 Å². The lowest BCUT2D eigenvalue weighted by Crippen LogP contribution is -2.30. The highest BCUT2D eigenvalue weighted by atomic mass is 16.6. The highest BCUT2D eigenvalue weighted by Gasteiger charge is 2.19. The molecule has 6 nitrogen and oxygen atoms in total. The van der Waals surface area contributed by atoms with Crippen molar-refractivity contribution in [3.05, 3.63) is 72.9 Å². The van der Waals surface area contributed by atoms with Crippen molar-refractivity contribution in [1.29, 1.82) is 0 Å². The van der Waals surface area contributed by atoms with Gasteiger partial charge in [-0.1, -0.05) is 222 Å². The molecule has 61 heavy (non-hydrogen) atoms. The first-order valence-corrected chi connectivity index (χ1v) is 25.4. The molecule has 0 aliphatic rings. The van der Waals surface area contributed by atoms with Crippen molar-refractivity contribution in [3.8, 4) is 0 Å². The highest BCUT2D eigenvalue weighted by Crippen LogP contribution is 2.14. The van der Waals surface area contributed by atoms with Gasteiger partial charge in [-0.3, -0.25) is 14.4 Å². The van der Waals surface area contributed by atoms with Crippen LogP contribution in [0.3, 0.4) is 0 Å². The van der Waals surface area contributed by atoms with E-state index in [9.17, 15) is 14.4 Å². The maximum Gasteiger partial charge on any atom is 0.310 e. The molecule has 0 aromatic carbocycles. The Kier molecular flexibility index (Phi) is 46.9. The molecule has 0 aromatic heterocycles. The Bertz CT molecular complexity index is 1160. The topological polar surface area (TPSA) is 78.9 Å². The predicted octanol–water partition coefficient (Wildman–Crippen LogP) is 16.6. The Morgan fingerprint density at radius 2 is 0.689 bits per heavy atom. The molecule has 0 N–H and O–H groups in total. The van der Waals surface area contributed by atoms with E-state index in [1.807, 2.05) is 6.08 Å². The molecule has 0 saturated carbocycles. The van der Waals surface area contributed by atoms with E-state index in [0.717, 1.165) is 70.6 Å². The van der Waals surface area contributed by atoms with Gasteiger partial charge in [-0.05, 0) is 70.6 Å². The molecule has 1 atom stereocenters. The van der Waals surface area contributed by atoms with Crippen LogP contribution >= 0.6 is 0 Å². The quantitative estimate of drug-likeness (QED) is 0.0263. The van der Waals surface area contributed by atoms with Gasteiger partial charge in [0, 0.05) is 12.8 Å². The normalized spacial score (nSPS) is 12.6. The first-order chi connectivity index (χ1) is 30.0. The fourth-order valence-corrected chi connectivity index (χ4v) is 6.92. The summed E-state index contributed by atoms with van der Waals surface area (Å²) in [5, 5.41) is 0. The van der Waals surface area contributed by atoms with Crippen LogP contribution in [0.4, 0.5) is 0 Å². The summed E-state index contributed by atoms with van der Waals surface area (Å²) in [6.45, 7) is 6.39. The summed E-state index contributed by atoms with van der Waals surface area (Å²) in [5.41, 5.74) is 0. The van der Waals surface area contributed by atoms with E-state index < -0.39 is 12.1 Å². The molecule has 0 amide bonds. The number of ether oxygens (including phenoxy) is 3.